The molecule has 0 N–H and O–H groups in total. The first-order chi connectivity index (χ1) is 6.31. The minimum atomic E-state index is 1.00. The van der Waals surface area contributed by atoms with Gasteiger partial charge in [0.2, 0.25) is 0 Å². The van der Waals surface area contributed by atoms with Gasteiger partial charge in [-0.25, -0.2) is 0 Å². The second-order valence-electron chi connectivity index (χ2n) is 2.77. The van der Waals surface area contributed by atoms with Gasteiger partial charge in [0.05, 0.1) is 5.52 Å². The average molecular weight is 234 g/mol. The van der Waals surface area contributed by atoms with Crippen molar-refractivity contribution in [2.24, 2.45) is 0 Å². The van der Waals surface area contributed by atoms with Gasteiger partial charge in [-0.2, -0.15) is 0 Å². The Balaban J connectivity index is 2.86. The lowest BCUT2D eigenvalue weighted by molar-refractivity contribution is 1.40. The molecule has 0 unspecified atom stereocenters. The van der Waals surface area contributed by atoms with Crippen LogP contribution in [0.2, 0.25) is 0 Å². The van der Waals surface area contributed by atoms with Crippen LogP contribution in [-0.4, -0.2) is 4.98 Å². The first-order valence-corrected chi connectivity index (χ1v) is 4.77. The lowest BCUT2D eigenvalue weighted by Gasteiger charge is -2.01. The largest absolute Gasteiger partial charge is 0.256 e. The number of nitrogens with zero attached hydrogens (tertiary/aromatic N) is 1. The van der Waals surface area contributed by atoms with Gasteiger partial charge in [0.25, 0.3) is 0 Å². The Morgan fingerprint density at radius 3 is 2.92 bits per heavy atom. The van der Waals surface area contributed by atoms with E-state index >= 15 is 0 Å². The SMILES string of the molecule is C=Cc1ccnc2ccc(Br)cc12. The molecule has 0 radical (unpaired) electrons. The molecule has 0 bridgehead atoms. The van der Waals surface area contributed by atoms with Crippen molar-refractivity contribution >= 4 is 32.9 Å². The van der Waals surface area contributed by atoms with Crippen LogP contribution in [0, 0.1) is 0 Å². The quantitative estimate of drug-likeness (QED) is 0.733. The van der Waals surface area contributed by atoms with Gasteiger partial charge in [0, 0.05) is 16.1 Å². The third-order valence-electron chi connectivity index (χ3n) is 1.96. The van der Waals surface area contributed by atoms with E-state index in [2.05, 4.69) is 33.6 Å². The highest BCUT2D eigenvalue weighted by Gasteiger charge is 1.98. The molecule has 0 spiro atoms. The summed E-state index contributed by atoms with van der Waals surface area (Å²) in [5, 5.41) is 1.13. The molecule has 1 aromatic heterocycles. The summed E-state index contributed by atoms with van der Waals surface area (Å²) in [6, 6.07) is 8.00. The van der Waals surface area contributed by atoms with Crippen LogP contribution in [0.1, 0.15) is 5.56 Å². The molecule has 0 saturated carbocycles. The monoisotopic (exact) mass is 233 g/mol. The average Bonchev–Trinajstić information content (AvgIpc) is 2.17. The van der Waals surface area contributed by atoms with E-state index in [9.17, 15) is 0 Å². The predicted octanol–water partition coefficient (Wildman–Crippen LogP) is 3.64. The van der Waals surface area contributed by atoms with E-state index in [-0.39, 0.29) is 0 Å². The van der Waals surface area contributed by atoms with Gasteiger partial charge in [-0.05, 0) is 29.8 Å². The van der Waals surface area contributed by atoms with Crippen LogP contribution in [0.25, 0.3) is 17.0 Å². The Morgan fingerprint density at radius 1 is 1.31 bits per heavy atom. The molecular weight excluding hydrogens is 226 g/mol. The molecule has 13 heavy (non-hydrogen) atoms. The Hall–Kier alpha value is -1.15. The van der Waals surface area contributed by atoms with Crippen molar-refractivity contribution in [2.45, 2.75) is 0 Å². The smallest absolute Gasteiger partial charge is 0.0708 e. The molecule has 2 aromatic rings. The summed E-state index contributed by atoms with van der Waals surface area (Å²) in [6.07, 6.45) is 3.64. The summed E-state index contributed by atoms with van der Waals surface area (Å²) in [5.41, 5.74) is 2.12. The first kappa shape index (κ1) is 8.45. The lowest BCUT2D eigenvalue weighted by Crippen LogP contribution is -1.81. The van der Waals surface area contributed by atoms with E-state index < -0.39 is 0 Å². The molecule has 1 heterocycles. The lowest BCUT2D eigenvalue weighted by atomic mass is 10.1. The van der Waals surface area contributed by atoms with Gasteiger partial charge in [0.15, 0.2) is 0 Å². The maximum Gasteiger partial charge on any atom is 0.0708 e. The molecule has 1 aromatic carbocycles. The van der Waals surface area contributed by atoms with Gasteiger partial charge in [-0.15, -0.1) is 0 Å². The van der Waals surface area contributed by atoms with Gasteiger partial charge in [-0.1, -0.05) is 28.6 Å². The normalized spacial score (nSPS) is 10.2. The van der Waals surface area contributed by atoms with Crippen molar-refractivity contribution < 1.29 is 0 Å². The molecule has 0 aliphatic carbocycles. The fourth-order valence-electron chi connectivity index (χ4n) is 1.32. The maximum atomic E-state index is 4.26. The molecule has 0 atom stereocenters. The summed E-state index contributed by atoms with van der Waals surface area (Å²) in [5.74, 6) is 0. The second kappa shape index (κ2) is 3.30. The molecule has 0 aliphatic heterocycles. The number of rotatable bonds is 1. The summed E-state index contributed by atoms with van der Waals surface area (Å²) in [6.45, 7) is 3.77. The molecule has 0 amide bonds. The molecule has 0 fully saturated rings. The second-order valence-corrected chi connectivity index (χ2v) is 3.68. The highest BCUT2D eigenvalue weighted by atomic mass is 79.9. The minimum absolute atomic E-state index is 1.00. The third-order valence-corrected chi connectivity index (χ3v) is 2.45. The topological polar surface area (TPSA) is 12.9 Å². The van der Waals surface area contributed by atoms with Crippen molar-refractivity contribution in [3.8, 4) is 0 Å². The number of hydrogen-bond donors (Lipinski definition) is 0. The number of pyridine rings is 1. The Morgan fingerprint density at radius 2 is 2.15 bits per heavy atom. The fourth-order valence-corrected chi connectivity index (χ4v) is 1.68. The van der Waals surface area contributed by atoms with Crippen LogP contribution in [0.3, 0.4) is 0 Å². The van der Waals surface area contributed by atoms with Crippen molar-refractivity contribution in [1.82, 2.24) is 4.98 Å². The maximum absolute atomic E-state index is 4.26. The summed E-state index contributed by atoms with van der Waals surface area (Å²) < 4.78 is 1.07. The van der Waals surface area contributed by atoms with Crippen molar-refractivity contribution in [2.75, 3.05) is 0 Å². The van der Waals surface area contributed by atoms with E-state index in [0.29, 0.717) is 0 Å². The van der Waals surface area contributed by atoms with Crippen LogP contribution in [0.15, 0.2) is 41.5 Å². The van der Waals surface area contributed by atoms with Crippen LogP contribution >= 0.6 is 15.9 Å². The molecule has 2 rings (SSSR count). The number of halogens is 1. The van der Waals surface area contributed by atoms with E-state index in [0.717, 1.165) is 20.9 Å². The molecule has 64 valence electrons. The molecule has 0 saturated heterocycles. The number of aromatic nitrogens is 1. The van der Waals surface area contributed by atoms with Gasteiger partial charge in [-0.3, -0.25) is 4.98 Å². The summed E-state index contributed by atoms with van der Waals surface area (Å²) in [4.78, 5) is 4.26. The zero-order valence-corrected chi connectivity index (χ0v) is 8.58. The zero-order valence-electron chi connectivity index (χ0n) is 7.00. The van der Waals surface area contributed by atoms with Crippen LogP contribution in [0.5, 0.6) is 0 Å². The van der Waals surface area contributed by atoms with Gasteiger partial charge in [0.1, 0.15) is 0 Å². The number of fused-ring (bicyclic) bond motifs is 1. The zero-order chi connectivity index (χ0) is 9.26. The van der Waals surface area contributed by atoms with Crippen LogP contribution < -0.4 is 0 Å². The molecule has 0 aliphatic rings. The molecule has 1 nitrogen and oxygen atoms in total. The third kappa shape index (κ3) is 1.49. The predicted molar refractivity (Wildman–Crippen MR) is 59.5 cm³/mol. The highest BCUT2D eigenvalue weighted by Crippen LogP contribution is 2.21. The van der Waals surface area contributed by atoms with E-state index in [4.69, 9.17) is 0 Å². The Labute approximate surface area is 85.2 Å². The van der Waals surface area contributed by atoms with E-state index in [1.165, 1.54) is 0 Å². The van der Waals surface area contributed by atoms with Crippen molar-refractivity contribution in [3.05, 3.63) is 47.1 Å². The van der Waals surface area contributed by atoms with Crippen molar-refractivity contribution in [1.29, 1.82) is 0 Å². The van der Waals surface area contributed by atoms with Gasteiger partial charge >= 0.3 is 0 Å². The Bertz CT molecular complexity index is 463. The summed E-state index contributed by atoms with van der Waals surface area (Å²) in [7, 11) is 0. The van der Waals surface area contributed by atoms with E-state index in [1.54, 1.807) is 6.20 Å². The highest BCUT2D eigenvalue weighted by molar-refractivity contribution is 9.10. The summed E-state index contributed by atoms with van der Waals surface area (Å²) >= 11 is 3.43. The number of benzene rings is 1. The van der Waals surface area contributed by atoms with Crippen molar-refractivity contribution in [3.63, 3.8) is 0 Å². The van der Waals surface area contributed by atoms with Crippen LogP contribution in [0.4, 0.5) is 0 Å². The van der Waals surface area contributed by atoms with E-state index in [1.807, 2.05) is 24.3 Å². The van der Waals surface area contributed by atoms with Gasteiger partial charge < -0.3 is 0 Å². The standard InChI is InChI=1S/C11H8BrN/c1-2-8-5-6-13-11-4-3-9(12)7-10(8)11/h2-7H,1H2. The number of hydrogen-bond acceptors (Lipinski definition) is 1. The van der Waals surface area contributed by atoms with Crippen LogP contribution in [-0.2, 0) is 0 Å². The minimum Gasteiger partial charge on any atom is -0.256 e. The first-order valence-electron chi connectivity index (χ1n) is 3.98. The Kier molecular flexibility index (Phi) is 2.15. The fraction of sp³-hybridized carbons (Fsp3) is 0. The molecular formula is C11H8BrN. The molecule has 2 heteroatoms.